The molecule has 0 bridgehead atoms. The molecule has 0 saturated heterocycles. The molecule has 1 heterocycles. The van der Waals surface area contributed by atoms with E-state index in [0.717, 1.165) is 29.4 Å². The highest BCUT2D eigenvalue weighted by Crippen LogP contribution is 2.11. The van der Waals surface area contributed by atoms with Crippen LogP contribution in [0.25, 0.3) is 0 Å². The highest BCUT2D eigenvalue weighted by atomic mass is 32.1. The normalized spacial score (nSPS) is 11.2. The van der Waals surface area contributed by atoms with Crippen molar-refractivity contribution in [2.75, 3.05) is 13.7 Å². The number of hydrogen-bond acceptors (Lipinski definition) is 5. The number of ether oxygens (including phenoxy) is 1. The molecule has 5 heteroatoms. The van der Waals surface area contributed by atoms with Crippen molar-refractivity contribution in [3.8, 4) is 0 Å². The average Bonchev–Trinajstić information content (AvgIpc) is 2.61. The molecule has 0 fully saturated rings. The lowest BCUT2D eigenvalue weighted by atomic mass is 10.3. The topological polar surface area (TPSA) is 47.0 Å². The molecule has 1 N–H and O–H groups in total. The van der Waals surface area contributed by atoms with Crippen LogP contribution in [0.15, 0.2) is 0 Å². The van der Waals surface area contributed by atoms with Crippen LogP contribution in [-0.4, -0.2) is 29.9 Å². The van der Waals surface area contributed by atoms with Crippen LogP contribution in [-0.2, 0) is 17.8 Å². The maximum atomic E-state index is 4.99. The Morgan fingerprint density at radius 2 is 2.07 bits per heavy atom. The van der Waals surface area contributed by atoms with Crippen LogP contribution < -0.4 is 5.32 Å². The Balaban J connectivity index is 2.19. The second kappa shape index (κ2) is 6.87. The molecule has 0 spiro atoms. The van der Waals surface area contributed by atoms with E-state index in [1.807, 2.05) is 0 Å². The van der Waals surface area contributed by atoms with Gasteiger partial charge in [-0.05, 0) is 13.0 Å². The summed E-state index contributed by atoms with van der Waals surface area (Å²) in [5.74, 6) is 0. The number of nitrogens with zero attached hydrogens (tertiary/aromatic N) is 2. The summed E-state index contributed by atoms with van der Waals surface area (Å²) in [6, 6.07) is 0.559. The van der Waals surface area contributed by atoms with Crippen LogP contribution in [0.4, 0.5) is 0 Å². The van der Waals surface area contributed by atoms with Crippen LogP contribution in [0, 0.1) is 0 Å². The molecule has 0 amide bonds. The quantitative estimate of drug-likeness (QED) is 0.722. The summed E-state index contributed by atoms with van der Waals surface area (Å²) in [6.07, 6.45) is 2.11. The zero-order valence-electron chi connectivity index (χ0n) is 9.62. The van der Waals surface area contributed by atoms with Crippen molar-refractivity contribution in [2.45, 2.75) is 39.3 Å². The summed E-state index contributed by atoms with van der Waals surface area (Å²) in [6.45, 7) is 5.92. The van der Waals surface area contributed by atoms with Gasteiger partial charge in [0.2, 0.25) is 0 Å². The summed E-state index contributed by atoms with van der Waals surface area (Å²) >= 11 is 1.64. The van der Waals surface area contributed by atoms with Crippen molar-refractivity contribution in [1.29, 1.82) is 0 Å². The Kier molecular flexibility index (Phi) is 5.75. The van der Waals surface area contributed by atoms with Gasteiger partial charge in [-0.2, -0.15) is 0 Å². The van der Waals surface area contributed by atoms with Crippen molar-refractivity contribution < 1.29 is 4.74 Å². The molecule has 1 rings (SSSR count). The molecule has 0 aliphatic rings. The van der Waals surface area contributed by atoms with Gasteiger partial charge in [0.15, 0.2) is 0 Å². The lowest BCUT2D eigenvalue weighted by Gasteiger charge is -2.05. The molecule has 4 nitrogen and oxygen atoms in total. The molecule has 0 aromatic carbocycles. The zero-order valence-corrected chi connectivity index (χ0v) is 10.4. The zero-order chi connectivity index (χ0) is 11.1. The van der Waals surface area contributed by atoms with Gasteiger partial charge in [0.25, 0.3) is 0 Å². The van der Waals surface area contributed by atoms with E-state index in [-0.39, 0.29) is 0 Å². The maximum absolute atomic E-state index is 4.99. The average molecular weight is 229 g/mol. The molecule has 0 radical (unpaired) electrons. The van der Waals surface area contributed by atoms with Crippen LogP contribution in [0.3, 0.4) is 0 Å². The van der Waals surface area contributed by atoms with Crippen molar-refractivity contribution in [3.05, 3.63) is 10.0 Å². The fraction of sp³-hybridized carbons (Fsp3) is 0.800. The minimum Gasteiger partial charge on any atom is -0.377 e. The molecule has 15 heavy (non-hydrogen) atoms. The minimum atomic E-state index is 0.559. The molecule has 0 saturated carbocycles. The largest absolute Gasteiger partial charge is 0.377 e. The van der Waals surface area contributed by atoms with Gasteiger partial charge < -0.3 is 10.1 Å². The monoisotopic (exact) mass is 229 g/mol. The molecule has 1 aromatic heterocycles. The van der Waals surface area contributed by atoms with E-state index in [4.69, 9.17) is 4.74 Å². The predicted octanol–water partition coefficient (Wildman–Crippen LogP) is 1.62. The van der Waals surface area contributed by atoms with Crippen molar-refractivity contribution in [3.63, 3.8) is 0 Å². The summed E-state index contributed by atoms with van der Waals surface area (Å²) in [5.41, 5.74) is 0. The number of hydrogen-bond donors (Lipinski definition) is 1. The lowest BCUT2D eigenvalue weighted by molar-refractivity contribution is 0.184. The molecule has 1 aromatic rings. The molecule has 86 valence electrons. The Morgan fingerprint density at radius 3 is 2.73 bits per heavy atom. The van der Waals surface area contributed by atoms with E-state index >= 15 is 0 Å². The fourth-order valence-electron chi connectivity index (χ4n) is 1.20. The summed E-state index contributed by atoms with van der Waals surface area (Å²) in [5, 5.41) is 13.6. The molecular weight excluding hydrogens is 210 g/mol. The smallest absolute Gasteiger partial charge is 0.143 e. The third-order valence-electron chi connectivity index (χ3n) is 1.90. The van der Waals surface area contributed by atoms with Crippen LogP contribution in [0.1, 0.15) is 30.3 Å². The highest BCUT2D eigenvalue weighted by molar-refractivity contribution is 7.11. The number of methoxy groups -OCH3 is 1. The van der Waals surface area contributed by atoms with Gasteiger partial charge in [-0.1, -0.05) is 25.2 Å². The van der Waals surface area contributed by atoms with E-state index in [0.29, 0.717) is 12.6 Å². The van der Waals surface area contributed by atoms with E-state index in [1.165, 1.54) is 0 Å². The van der Waals surface area contributed by atoms with Gasteiger partial charge in [0.05, 0.1) is 6.61 Å². The number of rotatable bonds is 7. The second-order valence-corrected chi connectivity index (χ2v) is 4.88. The molecule has 0 aliphatic carbocycles. The molecular formula is C10H19N3OS. The third-order valence-corrected chi connectivity index (χ3v) is 2.85. The first-order valence-corrected chi connectivity index (χ1v) is 6.07. The molecule has 0 atom stereocenters. The Bertz CT molecular complexity index is 275. The molecule has 0 aliphatic heterocycles. The van der Waals surface area contributed by atoms with Gasteiger partial charge in [0.1, 0.15) is 10.0 Å². The van der Waals surface area contributed by atoms with Gasteiger partial charge in [0, 0.05) is 19.6 Å². The Morgan fingerprint density at radius 1 is 1.33 bits per heavy atom. The van der Waals surface area contributed by atoms with Gasteiger partial charge in [-0.25, -0.2) is 0 Å². The first kappa shape index (κ1) is 12.5. The van der Waals surface area contributed by atoms with Crippen molar-refractivity contribution in [1.82, 2.24) is 15.5 Å². The Hall–Kier alpha value is -0.520. The molecule has 0 unspecified atom stereocenters. The minimum absolute atomic E-state index is 0.559. The van der Waals surface area contributed by atoms with E-state index < -0.39 is 0 Å². The lowest BCUT2D eigenvalue weighted by Crippen LogP contribution is -2.23. The van der Waals surface area contributed by atoms with Crippen LogP contribution in [0.5, 0.6) is 0 Å². The van der Waals surface area contributed by atoms with Crippen LogP contribution >= 0.6 is 11.3 Å². The Labute approximate surface area is 95.1 Å². The van der Waals surface area contributed by atoms with Gasteiger partial charge >= 0.3 is 0 Å². The van der Waals surface area contributed by atoms with Gasteiger partial charge in [-0.15, -0.1) is 10.2 Å². The first-order chi connectivity index (χ1) is 7.22. The number of nitrogens with one attached hydrogen (secondary N) is 1. The van der Waals surface area contributed by atoms with Crippen molar-refractivity contribution >= 4 is 11.3 Å². The van der Waals surface area contributed by atoms with E-state index in [1.54, 1.807) is 18.4 Å². The van der Waals surface area contributed by atoms with Gasteiger partial charge in [-0.3, -0.25) is 0 Å². The number of aromatic nitrogens is 2. The second-order valence-electron chi connectivity index (χ2n) is 3.73. The standard InChI is InChI=1S/C10H19N3OS/c1-8(2)11-6-4-5-9-12-13-10(15-9)7-14-3/h8,11H,4-7H2,1-3H3. The highest BCUT2D eigenvalue weighted by Gasteiger charge is 2.03. The fourth-order valence-corrected chi connectivity index (χ4v) is 2.06. The van der Waals surface area contributed by atoms with Crippen LogP contribution in [0.2, 0.25) is 0 Å². The summed E-state index contributed by atoms with van der Waals surface area (Å²) in [7, 11) is 1.67. The third kappa shape index (κ3) is 5.20. The number of aryl methyl sites for hydroxylation is 1. The summed E-state index contributed by atoms with van der Waals surface area (Å²) < 4.78 is 4.99. The SMILES string of the molecule is COCc1nnc(CCCNC(C)C)s1. The predicted molar refractivity (Wildman–Crippen MR) is 62.1 cm³/mol. The van der Waals surface area contributed by atoms with Crippen molar-refractivity contribution in [2.24, 2.45) is 0 Å². The van der Waals surface area contributed by atoms with E-state index in [2.05, 4.69) is 29.4 Å². The first-order valence-electron chi connectivity index (χ1n) is 5.26. The summed E-state index contributed by atoms with van der Waals surface area (Å²) in [4.78, 5) is 0. The van der Waals surface area contributed by atoms with E-state index in [9.17, 15) is 0 Å². The maximum Gasteiger partial charge on any atom is 0.143 e.